The number of rotatable bonds is 8. The molecule has 2 aromatic carbocycles. The lowest BCUT2D eigenvalue weighted by Gasteiger charge is -2.30. The minimum absolute atomic E-state index is 0.0434. The number of amides is 2. The van der Waals surface area contributed by atoms with E-state index >= 15 is 0 Å². The van der Waals surface area contributed by atoms with Crippen molar-refractivity contribution >= 4 is 58.2 Å². The highest BCUT2D eigenvalue weighted by atomic mass is 35.5. The van der Waals surface area contributed by atoms with E-state index in [1.165, 1.54) is 11.0 Å². The summed E-state index contributed by atoms with van der Waals surface area (Å²) in [4.78, 5) is 27.0. The summed E-state index contributed by atoms with van der Waals surface area (Å²) < 4.78 is 5.56. The molecular weight excluding hydrogens is 470 g/mol. The normalized spacial score (nSPS) is 11.9. The zero-order valence-corrected chi connectivity index (χ0v) is 19.7. The Kier molecular flexibility index (Phi) is 9.10. The third kappa shape index (κ3) is 6.67. The Morgan fingerprint density at radius 1 is 1.00 bits per heavy atom. The van der Waals surface area contributed by atoms with Crippen molar-refractivity contribution in [2.45, 2.75) is 39.4 Å². The van der Waals surface area contributed by atoms with Crippen molar-refractivity contribution < 1.29 is 14.3 Å². The quantitative estimate of drug-likeness (QED) is 0.521. The molecule has 0 aliphatic rings. The van der Waals surface area contributed by atoms with Crippen molar-refractivity contribution in [1.29, 1.82) is 0 Å². The number of nitrogens with zero attached hydrogens (tertiary/aromatic N) is 1. The number of halogens is 4. The SMILES string of the molecule is CC(C)NC(=O)[C@@H](C)N(Cc1c(Cl)cccc1Cl)C(=O)COc1ccc(Cl)cc1Cl. The Hall–Kier alpha value is -1.66. The molecule has 0 saturated carbocycles. The molecule has 30 heavy (non-hydrogen) atoms. The minimum atomic E-state index is -0.781. The van der Waals surface area contributed by atoms with E-state index in [4.69, 9.17) is 51.1 Å². The van der Waals surface area contributed by atoms with Crippen molar-refractivity contribution in [2.24, 2.45) is 0 Å². The standard InChI is InChI=1S/C21H22Cl4N2O3/c1-12(2)26-21(29)13(3)27(10-15-16(23)5-4-6-17(15)24)20(28)11-30-19-8-7-14(22)9-18(19)25/h4-9,12-13H,10-11H2,1-3H3,(H,26,29)/t13-/m1/s1. The first kappa shape index (κ1) is 24.6. The molecule has 5 nitrogen and oxygen atoms in total. The number of nitrogens with one attached hydrogen (secondary N) is 1. The van der Waals surface area contributed by atoms with E-state index in [1.54, 1.807) is 37.3 Å². The zero-order chi connectivity index (χ0) is 22.4. The van der Waals surface area contributed by atoms with Gasteiger partial charge in [0, 0.05) is 33.2 Å². The van der Waals surface area contributed by atoms with Crippen LogP contribution in [0.25, 0.3) is 0 Å². The number of hydrogen-bond donors (Lipinski definition) is 1. The van der Waals surface area contributed by atoms with Gasteiger partial charge in [0.2, 0.25) is 5.91 Å². The summed E-state index contributed by atoms with van der Waals surface area (Å²) >= 11 is 24.5. The largest absolute Gasteiger partial charge is 0.482 e. The molecule has 0 saturated heterocycles. The van der Waals surface area contributed by atoms with Crippen LogP contribution in [-0.4, -0.2) is 35.4 Å². The molecule has 0 spiro atoms. The predicted molar refractivity (Wildman–Crippen MR) is 122 cm³/mol. The zero-order valence-electron chi connectivity index (χ0n) is 16.7. The summed E-state index contributed by atoms with van der Waals surface area (Å²) in [5.41, 5.74) is 0.544. The van der Waals surface area contributed by atoms with Gasteiger partial charge in [-0.15, -0.1) is 0 Å². The molecule has 162 valence electrons. The highest BCUT2D eigenvalue weighted by Gasteiger charge is 2.28. The molecule has 0 heterocycles. The second-order valence-corrected chi connectivity index (χ2v) is 8.58. The number of benzene rings is 2. The van der Waals surface area contributed by atoms with E-state index in [9.17, 15) is 9.59 Å². The van der Waals surface area contributed by atoms with E-state index in [2.05, 4.69) is 5.32 Å². The first-order valence-corrected chi connectivity index (χ1v) is 10.7. The van der Waals surface area contributed by atoms with Crippen LogP contribution in [-0.2, 0) is 16.1 Å². The lowest BCUT2D eigenvalue weighted by molar-refractivity contribution is -0.142. The van der Waals surface area contributed by atoms with Gasteiger partial charge < -0.3 is 15.0 Å². The molecule has 0 aromatic heterocycles. The Balaban J connectivity index is 2.24. The van der Waals surface area contributed by atoms with Gasteiger partial charge in [-0.05, 0) is 51.1 Å². The number of ether oxygens (including phenoxy) is 1. The highest BCUT2D eigenvalue weighted by Crippen LogP contribution is 2.29. The Bertz CT molecular complexity index is 901. The van der Waals surface area contributed by atoms with E-state index < -0.39 is 11.9 Å². The molecule has 2 rings (SSSR count). The van der Waals surface area contributed by atoms with Gasteiger partial charge in [-0.25, -0.2) is 0 Å². The van der Waals surface area contributed by atoms with Gasteiger partial charge in [-0.1, -0.05) is 52.5 Å². The van der Waals surface area contributed by atoms with E-state index in [0.717, 1.165) is 0 Å². The van der Waals surface area contributed by atoms with Gasteiger partial charge in [0.25, 0.3) is 5.91 Å². The summed E-state index contributed by atoms with van der Waals surface area (Å²) in [5.74, 6) is -0.418. The molecule has 2 aromatic rings. The lowest BCUT2D eigenvalue weighted by Crippen LogP contribution is -2.50. The molecular formula is C21H22Cl4N2O3. The van der Waals surface area contributed by atoms with Crippen molar-refractivity contribution in [1.82, 2.24) is 10.2 Å². The van der Waals surface area contributed by atoms with E-state index in [1.807, 2.05) is 13.8 Å². The van der Waals surface area contributed by atoms with Crippen LogP contribution < -0.4 is 10.1 Å². The molecule has 1 N–H and O–H groups in total. The molecule has 9 heteroatoms. The second kappa shape index (κ2) is 11.1. The van der Waals surface area contributed by atoms with Crippen molar-refractivity contribution in [3.05, 3.63) is 62.1 Å². The first-order valence-electron chi connectivity index (χ1n) is 9.20. The predicted octanol–water partition coefficient (Wildman–Crippen LogP) is 5.62. The maximum absolute atomic E-state index is 13.0. The molecule has 0 aliphatic carbocycles. The molecule has 2 amide bonds. The lowest BCUT2D eigenvalue weighted by atomic mass is 10.1. The number of carbonyl (C=O) groups is 2. The molecule has 0 fully saturated rings. The molecule has 1 atom stereocenters. The third-order valence-electron chi connectivity index (χ3n) is 4.23. The van der Waals surface area contributed by atoms with E-state index in [-0.39, 0.29) is 30.1 Å². The monoisotopic (exact) mass is 490 g/mol. The van der Waals surface area contributed by atoms with E-state index in [0.29, 0.717) is 26.4 Å². The third-order valence-corrected chi connectivity index (χ3v) is 5.47. The number of hydrogen-bond acceptors (Lipinski definition) is 3. The van der Waals surface area contributed by atoms with Gasteiger partial charge in [-0.3, -0.25) is 9.59 Å². The first-order chi connectivity index (χ1) is 14.1. The Morgan fingerprint density at radius 3 is 2.20 bits per heavy atom. The van der Waals surface area contributed by atoms with Crippen LogP contribution >= 0.6 is 46.4 Å². The second-order valence-electron chi connectivity index (χ2n) is 6.92. The van der Waals surface area contributed by atoms with Crippen LogP contribution in [0.2, 0.25) is 20.1 Å². The van der Waals surface area contributed by atoms with Crippen LogP contribution in [0.15, 0.2) is 36.4 Å². The summed E-state index contributed by atoms with van der Waals surface area (Å²) in [6, 6.07) is 8.89. The summed E-state index contributed by atoms with van der Waals surface area (Å²) in [7, 11) is 0. The van der Waals surface area contributed by atoms with Crippen LogP contribution in [0.3, 0.4) is 0 Å². The van der Waals surface area contributed by atoms with Gasteiger partial charge in [0.15, 0.2) is 6.61 Å². The highest BCUT2D eigenvalue weighted by molar-refractivity contribution is 6.36. The van der Waals surface area contributed by atoms with Gasteiger partial charge in [-0.2, -0.15) is 0 Å². The Labute approximate surface area is 196 Å². The average molecular weight is 492 g/mol. The van der Waals surface area contributed by atoms with Crippen molar-refractivity contribution in [3.8, 4) is 5.75 Å². The fourth-order valence-corrected chi connectivity index (χ4v) is 3.64. The molecule has 0 bridgehead atoms. The molecule has 0 radical (unpaired) electrons. The average Bonchev–Trinajstić information content (AvgIpc) is 2.66. The maximum Gasteiger partial charge on any atom is 0.261 e. The topological polar surface area (TPSA) is 58.6 Å². The van der Waals surface area contributed by atoms with Crippen molar-refractivity contribution in [2.75, 3.05) is 6.61 Å². The van der Waals surface area contributed by atoms with Crippen LogP contribution in [0, 0.1) is 0 Å². The van der Waals surface area contributed by atoms with Gasteiger partial charge >= 0.3 is 0 Å². The molecule has 0 aliphatic heterocycles. The van der Waals surface area contributed by atoms with Crippen LogP contribution in [0.5, 0.6) is 5.75 Å². The summed E-state index contributed by atoms with van der Waals surface area (Å²) in [5, 5.41) is 4.34. The van der Waals surface area contributed by atoms with Gasteiger partial charge in [0.1, 0.15) is 11.8 Å². The fourth-order valence-electron chi connectivity index (χ4n) is 2.66. The Morgan fingerprint density at radius 2 is 1.63 bits per heavy atom. The number of carbonyl (C=O) groups excluding carboxylic acids is 2. The fraction of sp³-hybridized carbons (Fsp3) is 0.333. The summed E-state index contributed by atoms with van der Waals surface area (Å²) in [6.07, 6.45) is 0. The maximum atomic E-state index is 13.0. The summed E-state index contributed by atoms with van der Waals surface area (Å²) in [6.45, 7) is 5.03. The van der Waals surface area contributed by atoms with Crippen LogP contribution in [0.4, 0.5) is 0 Å². The van der Waals surface area contributed by atoms with Crippen LogP contribution in [0.1, 0.15) is 26.3 Å². The smallest absolute Gasteiger partial charge is 0.261 e. The van der Waals surface area contributed by atoms with Gasteiger partial charge in [0.05, 0.1) is 5.02 Å². The minimum Gasteiger partial charge on any atom is -0.482 e. The van der Waals surface area contributed by atoms with Crippen molar-refractivity contribution in [3.63, 3.8) is 0 Å². The molecule has 0 unspecified atom stereocenters.